The van der Waals surface area contributed by atoms with Gasteiger partial charge in [0.25, 0.3) is 0 Å². The lowest BCUT2D eigenvalue weighted by Gasteiger charge is -2.35. The van der Waals surface area contributed by atoms with Crippen molar-refractivity contribution < 1.29 is 13.3 Å². The van der Waals surface area contributed by atoms with Gasteiger partial charge in [-0.3, -0.25) is 0 Å². The molecule has 0 aromatic carbocycles. The van der Waals surface area contributed by atoms with Crippen LogP contribution in [0.4, 0.5) is 0 Å². The molecule has 0 aliphatic carbocycles. The first-order valence-electron chi connectivity index (χ1n) is 8.06. The predicted molar refractivity (Wildman–Crippen MR) is 93.4 cm³/mol. The number of rotatable bonds is 12. The van der Waals surface area contributed by atoms with Gasteiger partial charge in [0.2, 0.25) is 0 Å². The topological polar surface area (TPSA) is 51.8 Å². The van der Waals surface area contributed by atoms with Crippen molar-refractivity contribution >= 4 is 26.1 Å². The van der Waals surface area contributed by atoms with Crippen molar-refractivity contribution in [3.8, 4) is 0 Å². The van der Waals surface area contributed by atoms with Gasteiger partial charge in [0.15, 0.2) is 5.11 Å². The van der Waals surface area contributed by atoms with Crippen molar-refractivity contribution in [3.63, 3.8) is 0 Å². The third-order valence-electron chi connectivity index (χ3n) is 2.99. The van der Waals surface area contributed by atoms with Gasteiger partial charge in [-0.05, 0) is 45.8 Å². The summed E-state index contributed by atoms with van der Waals surface area (Å²) in [7, 11) is -2.77. The number of unbranched alkanes of at least 4 members (excludes halogenated alkanes) is 1. The Balaban J connectivity index is 4.81. The van der Waals surface area contributed by atoms with E-state index in [0.29, 0.717) is 24.9 Å². The highest BCUT2D eigenvalue weighted by Gasteiger charge is 2.49. The molecule has 0 bridgehead atoms. The fraction of sp³-hybridized carbons (Fsp3) is 0.929. The molecule has 0 aromatic heterocycles. The molecule has 1 unspecified atom stereocenters. The molecule has 0 spiro atoms. The summed E-state index contributed by atoms with van der Waals surface area (Å²) in [4.78, 5) is 0. The van der Waals surface area contributed by atoms with Crippen LogP contribution in [0.1, 0.15) is 53.9 Å². The number of hydrogen-bond acceptors (Lipinski definition) is 4. The smallest absolute Gasteiger partial charge is 0.373 e. The summed E-state index contributed by atoms with van der Waals surface area (Å²) in [6, 6.07) is 0. The molecule has 0 aromatic rings. The Labute approximate surface area is 136 Å². The Hall–Kier alpha value is -0.213. The number of hydrogen-bond donors (Lipinski definition) is 2. The predicted octanol–water partition coefficient (Wildman–Crippen LogP) is 2.62. The second-order valence-electron chi connectivity index (χ2n) is 4.62. The molecule has 7 heteroatoms. The van der Waals surface area contributed by atoms with E-state index in [1.807, 2.05) is 20.8 Å². The second-order valence-corrected chi connectivity index (χ2v) is 7.80. The SMILES string of the molecule is CCCCNC(=S)NC(CC)[Si](OCC)(OCC)OCC. The van der Waals surface area contributed by atoms with Gasteiger partial charge in [0.05, 0.1) is 5.67 Å². The lowest BCUT2D eigenvalue weighted by molar-refractivity contribution is 0.0596. The zero-order valence-electron chi connectivity index (χ0n) is 14.2. The molecule has 0 aliphatic rings. The molecule has 0 rings (SSSR count). The van der Waals surface area contributed by atoms with Gasteiger partial charge in [-0.25, -0.2) is 0 Å². The molecule has 2 N–H and O–H groups in total. The van der Waals surface area contributed by atoms with E-state index in [1.54, 1.807) is 0 Å². The summed E-state index contributed by atoms with van der Waals surface area (Å²) in [6.45, 7) is 12.7. The van der Waals surface area contributed by atoms with E-state index in [1.165, 1.54) is 0 Å². The van der Waals surface area contributed by atoms with Gasteiger partial charge in [-0.15, -0.1) is 0 Å². The van der Waals surface area contributed by atoms with Gasteiger partial charge in [0, 0.05) is 26.4 Å². The minimum atomic E-state index is -2.77. The summed E-state index contributed by atoms with van der Waals surface area (Å²) in [5, 5.41) is 7.20. The molecular formula is C14H32N2O3SSi. The molecule has 0 heterocycles. The van der Waals surface area contributed by atoms with Crippen molar-refractivity contribution in [1.82, 2.24) is 10.6 Å². The van der Waals surface area contributed by atoms with Gasteiger partial charge < -0.3 is 23.9 Å². The van der Waals surface area contributed by atoms with Crippen LogP contribution in [-0.4, -0.2) is 45.9 Å². The molecular weight excluding hydrogens is 304 g/mol. The summed E-state index contributed by atoms with van der Waals surface area (Å²) < 4.78 is 17.8. The molecule has 0 saturated heterocycles. The molecule has 0 amide bonds. The lowest BCUT2D eigenvalue weighted by Crippen LogP contribution is -2.63. The van der Waals surface area contributed by atoms with Crippen LogP contribution in [-0.2, 0) is 13.3 Å². The maximum Gasteiger partial charge on any atom is 0.524 e. The molecule has 0 saturated carbocycles. The van der Waals surface area contributed by atoms with Gasteiger partial charge >= 0.3 is 8.80 Å². The van der Waals surface area contributed by atoms with Gasteiger partial charge in [0.1, 0.15) is 0 Å². The normalized spacial score (nSPS) is 13.0. The maximum absolute atomic E-state index is 5.93. The maximum atomic E-state index is 5.93. The van der Waals surface area contributed by atoms with Crippen LogP contribution in [0.5, 0.6) is 0 Å². The number of thiocarbonyl (C=S) groups is 1. The van der Waals surface area contributed by atoms with E-state index in [0.717, 1.165) is 25.8 Å². The Morgan fingerprint density at radius 3 is 1.90 bits per heavy atom. The quantitative estimate of drug-likeness (QED) is 0.325. The Morgan fingerprint density at radius 1 is 1.00 bits per heavy atom. The van der Waals surface area contributed by atoms with Gasteiger partial charge in [-0.2, -0.15) is 0 Å². The van der Waals surface area contributed by atoms with Crippen LogP contribution in [0.3, 0.4) is 0 Å². The zero-order chi connectivity index (χ0) is 16.1. The average Bonchev–Trinajstić information content (AvgIpc) is 2.45. The highest BCUT2D eigenvalue weighted by atomic mass is 32.1. The fourth-order valence-electron chi connectivity index (χ4n) is 2.06. The zero-order valence-corrected chi connectivity index (χ0v) is 16.0. The van der Waals surface area contributed by atoms with E-state index >= 15 is 0 Å². The van der Waals surface area contributed by atoms with E-state index in [9.17, 15) is 0 Å². The molecule has 5 nitrogen and oxygen atoms in total. The van der Waals surface area contributed by atoms with Crippen molar-refractivity contribution in [2.24, 2.45) is 0 Å². The monoisotopic (exact) mass is 336 g/mol. The Bertz CT molecular complexity index is 266. The summed E-state index contributed by atoms with van der Waals surface area (Å²) in [5.74, 6) is 0. The van der Waals surface area contributed by atoms with E-state index in [2.05, 4.69) is 24.5 Å². The average molecular weight is 337 g/mol. The summed E-state index contributed by atoms with van der Waals surface area (Å²) in [6.07, 6.45) is 3.08. The first-order chi connectivity index (χ1) is 10.1. The Morgan fingerprint density at radius 2 is 1.52 bits per heavy atom. The highest BCUT2D eigenvalue weighted by molar-refractivity contribution is 7.80. The minimum absolute atomic E-state index is 0.0287. The molecule has 0 aliphatic heterocycles. The third kappa shape index (κ3) is 7.55. The van der Waals surface area contributed by atoms with Crippen LogP contribution >= 0.6 is 12.2 Å². The Kier molecular flexibility index (Phi) is 12.2. The van der Waals surface area contributed by atoms with E-state index in [-0.39, 0.29) is 5.67 Å². The summed E-state index contributed by atoms with van der Waals surface area (Å²) in [5.41, 5.74) is -0.0287. The van der Waals surface area contributed by atoms with Crippen LogP contribution in [0.25, 0.3) is 0 Å². The second kappa shape index (κ2) is 12.3. The fourth-order valence-corrected chi connectivity index (χ4v) is 5.29. The molecule has 126 valence electrons. The van der Waals surface area contributed by atoms with Crippen molar-refractivity contribution in [3.05, 3.63) is 0 Å². The highest BCUT2D eigenvalue weighted by Crippen LogP contribution is 2.18. The standard InChI is InChI=1S/C14H32N2O3SSi/c1-6-11-12-15-14(20)16-13(7-2)21(17-8-3,18-9-4)19-10-5/h13H,6-12H2,1-5H3,(H2,15,16,20). The minimum Gasteiger partial charge on any atom is -0.373 e. The van der Waals surface area contributed by atoms with E-state index in [4.69, 9.17) is 25.5 Å². The van der Waals surface area contributed by atoms with Gasteiger partial charge in [-0.1, -0.05) is 20.3 Å². The molecule has 21 heavy (non-hydrogen) atoms. The van der Waals surface area contributed by atoms with Crippen LogP contribution in [0, 0.1) is 0 Å². The van der Waals surface area contributed by atoms with Crippen molar-refractivity contribution in [1.29, 1.82) is 0 Å². The third-order valence-corrected chi connectivity index (χ3v) is 6.73. The molecule has 1 atom stereocenters. The molecule has 0 fully saturated rings. The van der Waals surface area contributed by atoms with Crippen LogP contribution in [0.2, 0.25) is 0 Å². The largest absolute Gasteiger partial charge is 0.524 e. The van der Waals surface area contributed by atoms with Crippen molar-refractivity contribution in [2.45, 2.75) is 59.5 Å². The van der Waals surface area contributed by atoms with Crippen molar-refractivity contribution in [2.75, 3.05) is 26.4 Å². The summed E-state index contributed by atoms with van der Waals surface area (Å²) >= 11 is 5.36. The molecule has 0 radical (unpaired) electrons. The van der Waals surface area contributed by atoms with Crippen LogP contribution in [0.15, 0.2) is 0 Å². The first kappa shape index (κ1) is 20.8. The lowest BCUT2D eigenvalue weighted by atomic mass is 10.3. The van der Waals surface area contributed by atoms with E-state index < -0.39 is 8.80 Å². The number of nitrogens with one attached hydrogen (secondary N) is 2. The van der Waals surface area contributed by atoms with Crippen LogP contribution < -0.4 is 10.6 Å². The first-order valence-corrected chi connectivity index (χ1v) is 10.3.